The van der Waals surface area contributed by atoms with E-state index in [2.05, 4.69) is 76.0 Å². The summed E-state index contributed by atoms with van der Waals surface area (Å²) < 4.78 is 0. The maximum atomic E-state index is 4.02. The molecule has 0 aliphatic heterocycles. The molecule has 106 valence electrons. The average Bonchev–Trinajstić information content (AvgIpc) is 2.37. The van der Waals surface area contributed by atoms with Gasteiger partial charge in [0, 0.05) is 12.1 Å². The van der Waals surface area contributed by atoms with Crippen molar-refractivity contribution in [3.8, 4) is 0 Å². The first-order valence-electron chi connectivity index (χ1n) is 7.27. The molecule has 0 radical (unpaired) electrons. The fraction of sp³-hybridized carbons (Fsp3) is 0.556. The summed E-state index contributed by atoms with van der Waals surface area (Å²) >= 11 is 0. The molecule has 1 rings (SSSR count). The summed E-state index contributed by atoms with van der Waals surface area (Å²) in [4.78, 5) is 0. The lowest BCUT2D eigenvalue weighted by Gasteiger charge is -2.31. The average molecular weight is 259 g/mol. The van der Waals surface area contributed by atoms with Crippen LogP contribution in [-0.4, -0.2) is 12.1 Å². The van der Waals surface area contributed by atoms with Crippen LogP contribution in [0.4, 0.5) is 0 Å². The monoisotopic (exact) mass is 259 g/mol. The van der Waals surface area contributed by atoms with E-state index >= 15 is 0 Å². The predicted molar refractivity (Wildman–Crippen MR) is 85.4 cm³/mol. The van der Waals surface area contributed by atoms with Gasteiger partial charge in [0.2, 0.25) is 0 Å². The van der Waals surface area contributed by atoms with Gasteiger partial charge in [0.25, 0.3) is 0 Å². The Morgan fingerprint density at radius 1 is 1.11 bits per heavy atom. The Kier molecular flexibility index (Phi) is 5.81. The molecule has 1 aromatic carbocycles. The molecule has 0 spiro atoms. The van der Waals surface area contributed by atoms with Gasteiger partial charge in [-0.05, 0) is 51.0 Å². The van der Waals surface area contributed by atoms with E-state index in [0.717, 1.165) is 13.0 Å². The van der Waals surface area contributed by atoms with Gasteiger partial charge in [-0.15, -0.1) is 6.58 Å². The quantitative estimate of drug-likeness (QED) is 0.706. The lowest BCUT2D eigenvalue weighted by Crippen LogP contribution is -2.42. The van der Waals surface area contributed by atoms with E-state index in [1.807, 2.05) is 0 Å². The van der Waals surface area contributed by atoms with Crippen LogP contribution in [0.25, 0.3) is 0 Å². The van der Waals surface area contributed by atoms with Crippen LogP contribution in [-0.2, 0) is 6.42 Å². The predicted octanol–water partition coefficient (Wildman–Crippen LogP) is 4.59. The molecule has 0 amide bonds. The third-order valence-corrected chi connectivity index (χ3v) is 3.57. The highest BCUT2D eigenvalue weighted by molar-refractivity contribution is 5.14. The number of hydrogen-bond acceptors (Lipinski definition) is 1. The molecule has 19 heavy (non-hydrogen) atoms. The molecular formula is C18H29N. The molecule has 0 saturated carbocycles. The molecule has 1 atom stereocenters. The standard InChI is InChI=1S/C18H29N/c1-6-18(5,15-19-17(2,3)4)14-10-13-16-11-8-7-9-12-16/h6-9,11-12,19H,1,10,13-15H2,2-5H3. The van der Waals surface area contributed by atoms with Crippen molar-refractivity contribution in [3.05, 3.63) is 48.6 Å². The van der Waals surface area contributed by atoms with E-state index in [4.69, 9.17) is 0 Å². The van der Waals surface area contributed by atoms with Crippen molar-refractivity contribution in [2.24, 2.45) is 5.41 Å². The van der Waals surface area contributed by atoms with E-state index in [0.29, 0.717) is 0 Å². The molecule has 1 heteroatoms. The molecule has 0 aliphatic carbocycles. The molecule has 0 fully saturated rings. The zero-order valence-electron chi connectivity index (χ0n) is 13.0. The van der Waals surface area contributed by atoms with Gasteiger partial charge < -0.3 is 5.32 Å². The first-order chi connectivity index (χ1) is 8.85. The number of hydrogen-bond donors (Lipinski definition) is 1. The van der Waals surface area contributed by atoms with E-state index < -0.39 is 0 Å². The summed E-state index contributed by atoms with van der Waals surface area (Å²) in [5, 5.41) is 3.59. The Morgan fingerprint density at radius 2 is 1.74 bits per heavy atom. The summed E-state index contributed by atoms with van der Waals surface area (Å²) in [6, 6.07) is 10.7. The summed E-state index contributed by atoms with van der Waals surface area (Å²) in [5.41, 5.74) is 1.78. The summed E-state index contributed by atoms with van der Waals surface area (Å²) in [7, 11) is 0. The van der Waals surface area contributed by atoms with Crippen molar-refractivity contribution in [2.45, 2.75) is 52.5 Å². The fourth-order valence-corrected chi connectivity index (χ4v) is 2.07. The highest BCUT2D eigenvalue weighted by atomic mass is 15.0. The van der Waals surface area contributed by atoms with Crippen LogP contribution in [0.1, 0.15) is 46.1 Å². The SMILES string of the molecule is C=CC(C)(CCCc1ccccc1)CNC(C)(C)C. The Labute approximate surface area is 119 Å². The normalized spacial score (nSPS) is 14.9. The minimum Gasteiger partial charge on any atom is -0.311 e. The Morgan fingerprint density at radius 3 is 2.26 bits per heavy atom. The molecule has 1 nitrogen and oxygen atoms in total. The summed E-state index contributed by atoms with van der Waals surface area (Å²) in [5.74, 6) is 0. The Bertz CT molecular complexity index is 374. The van der Waals surface area contributed by atoms with Crippen molar-refractivity contribution in [3.63, 3.8) is 0 Å². The molecule has 0 heterocycles. The van der Waals surface area contributed by atoms with E-state index in [1.54, 1.807) is 0 Å². The van der Waals surface area contributed by atoms with Crippen LogP contribution in [0.15, 0.2) is 43.0 Å². The fourth-order valence-electron chi connectivity index (χ4n) is 2.07. The van der Waals surface area contributed by atoms with Crippen molar-refractivity contribution in [1.29, 1.82) is 0 Å². The zero-order valence-corrected chi connectivity index (χ0v) is 13.0. The molecule has 1 N–H and O–H groups in total. The lowest BCUT2D eigenvalue weighted by atomic mass is 9.83. The lowest BCUT2D eigenvalue weighted by molar-refractivity contribution is 0.303. The minimum absolute atomic E-state index is 0.170. The Balaban J connectivity index is 2.41. The molecule has 0 saturated heterocycles. The van der Waals surface area contributed by atoms with Crippen molar-refractivity contribution in [2.75, 3.05) is 6.54 Å². The second-order valence-electron chi connectivity index (χ2n) is 6.80. The second-order valence-corrected chi connectivity index (χ2v) is 6.80. The molecule has 1 aromatic rings. The van der Waals surface area contributed by atoms with Gasteiger partial charge in [-0.25, -0.2) is 0 Å². The summed E-state index contributed by atoms with van der Waals surface area (Å²) in [6.45, 7) is 13.9. The minimum atomic E-state index is 0.170. The molecular weight excluding hydrogens is 230 g/mol. The number of benzene rings is 1. The van der Waals surface area contributed by atoms with E-state index in [1.165, 1.54) is 18.4 Å². The van der Waals surface area contributed by atoms with E-state index in [-0.39, 0.29) is 11.0 Å². The van der Waals surface area contributed by atoms with E-state index in [9.17, 15) is 0 Å². The van der Waals surface area contributed by atoms with Crippen molar-refractivity contribution < 1.29 is 0 Å². The van der Waals surface area contributed by atoms with Gasteiger partial charge in [-0.3, -0.25) is 0 Å². The molecule has 0 aromatic heterocycles. The van der Waals surface area contributed by atoms with Gasteiger partial charge in [0.05, 0.1) is 0 Å². The summed E-state index contributed by atoms with van der Waals surface area (Å²) in [6.07, 6.45) is 5.64. The highest BCUT2D eigenvalue weighted by Crippen LogP contribution is 2.25. The first kappa shape index (κ1) is 16.0. The Hall–Kier alpha value is -1.08. The van der Waals surface area contributed by atoms with Crippen LogP contribution >= 0.6 is 0 Å². The zero-order chi connectivity index (χ0) is 14.4. The van der Waals surface area contributed by atoms with Crippen LogP contribution in [0.5, 0.6) is 0 Å². The smallest absolute Gasteiger partial charge is 0.00968 e. The van der Waals surface area contributed by atoms with Crippen LogP contribution in [0.3, 0.4) is 0 Å². The first-order valence-corrected chi connectivity index (χ1v) is 7.27. The highest BCUT2D eigenvalue weighted by Gasteiger charge is 2.22. The largest absolute Gasteiger partial charge is 0.311 e. The number of nitrogens with one attached hydrogen (secondary N) is 1. The van der Waals surface area contributed by atoms with Crippen LogP contribution in [0, 0.1) is 5.41 Å². The van der Waals surface area contributed by atoms with Crippen molar-refractivity contribution in [1.82, 2.24) is 5.32 Å². The van der Waals surface area contributed by atoms with Gasteiger partial charge in [-0.2, -0.15) is 0 Å². The molecule has 0 aliphatic rings. The number of rotatable bonds is 7. The van der Waals surface area contributed by atoms with Crippen LogP contribution < -0.4 is 5.32 Å². The van der Waals surface area contributed by atoms with Crippen molar-refractivity contribution >= 4 is 0 Å². The van der Waals surface area contributed by atoms with Gasteiger partial charge >= 0.3 is 0 Å². The second kappa shape index (κ2) is 6.91. The van der Waals surface area contributed by atoms with Crippen LogP contribution in [0.2, 0.25) is 0 Å². The molecule has 0 bridgehead atoms. The van der Waals surface area contributed by atoms with Gasteiger partial charge in [0.15, 0.2) is 0 Å². The molecule has 1 unspecified atom stereocenters. The maximum absolute atomic E-state index is 4.02. The van der Waals surface area contributed by atoms with Gasteiger partial charge in [-0.1, -0.05) is 43.3 Å². The number of aryl methyl sites for hydroxylation is 1. The van der Waals surface area contributed by atoms with Gasteiger partial charge in [0.1, 0.15) is 0 Å². The third-order valence-electron chi connectivity index (χ3n) is 3.57. The topological polar surface area (TPSA) is 12.0 Å². The maximum Gasteiger partial charge on any atom is 0.00968 e. The third kappa shape index (κ3) is 6.58.